The molecule has 1 fully saturated rings. The van der Waals surface area contributed by atoms with Crippen LogP contribution in [0.15, 0.2) is 29.1 Å². The number of fused-ring (bicyclic) bond motifs is 3. The molecule has 0 spiro atoms. The molecule has 35 heavy (non-hydrogen) atoms. The van der Waals surface area contributed by atoms with Crippen molar-refractivity contribution in [3.8, 4) is 0 Å². The number of amides is 1. The largest absolute Gasteiger partial charge is 1.00 e. The van der Waals surface area contributed by atoms with Gasteiger partial charge in [-0.15, -0.1) is 0 Å². The molecule has 15 heteroatoms. The van der Waals surface area contributed by atoms with Crippen molar-refractivity contribution in [2.75, 3.05) is 40.6 Å². The number of H-pyrrole nitrogens is 1. The molecule has 1 saturated heterocycles. The minimum atomic E-state index is -1.57. The number of aromatic amines is 1. The number of carboxylic acid groups (broad SMARTS) is 2. The number of nitrogens with one attached hydrogen (secondary N) is 3. The van der Waals surface area contributed by atoms with Gasteiger partial charge in [0.2, 0.25) is 5.95 Å². The maximum Gasteiger partial charge on any atom is 1.00 e. The van der Waals surface area contributed by atoms with Crippen LogP contribution in [0.1, 0.15) is 23.2 Å². The van der Waals surface area contributed by atoms with Crippen molar-refractivity contribution < 1.29 is 83.7 Å². The van der Waals surface area contributed by atoms with E-state index in [1.165, 1.54) is 12.1 Å². The van der Waals surface area contributed by atoms with Crippen LogP contribution in [-0.2, 0) is 9.59 Å². The number of hydrogen-bond acceptors (Lipinski definition) is 11. The second-order valence-electron chi connectivity index (χ2n) is 7.82. The number of rotatable bonds is 7. The molecule has 1 amide bonds. The number of hydrogen-bond donors (Lipinski definition) is 4. The molecule has 2 atom stereocenters. The molecule has 1 aromatic heterocycles. The van der Waals surface area contributed by atoms with Crippen molar-refractivity contribution in [1.29, 1.82) is 0 Å². The maximum atomic E-state index is 12.4. The molecule has 2 aromatic rings. The predicted molar refractivity (Wildman–Crippen MR) is 113 cm³/mol. The summed E-state index contributed by atoms with van der Waals surface area (Å²) in [5, 5.41) is 27.1. The summed E-state index contributed by atoms with van der Waals surface area (Å²) < 4.78 is 0. The van der Waals surface area contributed by atoms with Crippen molar-refractivity contribution in [3.63, 3.8) is 0 Å². The van der Waals surface area contributed by atoms with Gasteiger partial charge in [-0.05, 0) is 37.1 Å². The minimum Gasteiger partial charge on any atom is -0.550 e. The van der Waals surface area contributed by atoms with Gasteiger partial charge in [0.05, 0.1) is 24.7 Å². The Morgan fingerprint density at radius 2 is 1.89 bits per heavy atom. The monoisotopic (exact) mass is 501 g/mol. The fourth-order valence-corrected chi connectivity index (χ4v) is 3.99. The Bertz CT molecular complexity index is 1160. The first-order valence-electron chi connectivity index (χ1n) is 10.2. The second-order valence-corrected chi connectivity index (χ2v) is 7.82. The molecule has 174 valence electrons. The average molecular weight is 501 g/mol. The summed E-state index contributed by atoms with van der Waals surface area (Å²) in [6, 6.07) is 5.07. The van der Waals surface area contributed by atoms with Crippen molar-refractivity contribution in [3.05, 3.63) is 40.2 Å². The van der Waals surface area contributed by atoms with E-state index in [0.717, 1.165) is 5.69 Å². The Hall–Kier alpha value is -2.29. The molecular weight excluding hydrogens is 480 g/mol. The van der Waals surface area contributed by atoms with Crippen LogP contribution in [-0.4, -0.2) is 59.7 Å². The van der Waals surface area contributed by atoms with Gasteiger partial charge in [0.1, 0.15) is 5.69 Å². The van der Waals surface area contributed by atoms with Gasteiger partial charge >= 0.3 is 59.1 Å². The standard InChI is InChI=1S/C20H23N7O6.2Na/c21-20-24-16-15(18(31)25-20)27-9-26(8-12(27)7-22-16)11-3-1-10(2-4-11)17(30)23-13(19(32)33)5-6-14(28)29;;/h1-4,12-13H,5-9H2,(H,23,30)(H,28,29)(H,32,33)(H4,21,22,24,25,31);;/q;2*+1/p-2/t12?,13-;;/m0../s1. The molecule has 3 heterocycles. The van der Waals surface area contributed by atoms with Gasteiger partial charge < -0.3 is 46.0 Å². The van der Waals surface area contributed by atoms with Gasteiger partial charge in [0, 0.05) is 30.3 Å². The molecule has 1 aromatic carbocycles. The number of aromatic nitrogens is 2. The Kier molecular flexibility index (Phi) is 10.0. The van der Waals surface area contributed by atoms with Crippen LogP contribution in [0.2, 0.25) is 0 Å². The van der Waals surface area contributed by atoms with Crippen LogP contribution in [0, 0.1) is 0 Å². The van der Waals surface area contributed by atoms with E-state index in [-0.39, 0.29) is 88.6 Å². The third-order valence-corrected chi connectivity index (χ3v) is 5.62. The van der Waals surface area contributed by atoms with E-state index in [1.807, 2.05) is 9.80 Å². The smallest absolute Gasteiger partial charge is 0.550 e. The van der Waals surface area contributed by atoms with Gasteiger partial charge in [-0.25, -0.2) is 0 Å². The van der Waals surface area contributed by atoms with Gasteiger partial charge in [-0.1, -0.05) is 0 Å². The van der Waals surface area contributed by atoms with Gasteiger partial charge in [-0.3, -0.25) is 14.6 Å². The quantitative estimate of drug-likeness (QED) is 0.263. The number of benzene rings is 1. The molecular formula is C20H21N7Na2O6. The Morgan fingerprint density at radius 3 is 2.51 bits per heavy atom. The van der Waals surface area contributed by atoms with E-state index in [9.17, 15) is 29.4 Å². The van der Waals surface area contributed by atoms with E-state index in [4.69, 9.17) is 5.73 Å². The summed E-state index contributed by atoms with van der Waals surface area (Å²) in [7, 11) is 0. The van der Waals surface area contributed by atoms with E-state index in [2.05, 4.69) is 20.6 Å². The summed E-state index contributed by atoms with van der Waals surface area (Å²) in [6.45, 7) is 1.63. The summed E-state index contributed by atoms with van der Waals surface area (Å²) in [4.78, 5) is 57.2. The molecule has 0 radical (unpaired) electrons. The normalized spacial score (nSPS) is 16.5. The fourth-order valence-electron chi connectivity index (χ4n) is 3.99. The van der Waals surface area contributed by atoms with Gasteiger partial charge in [-0.2, -0.15) is 4.98 Å². The van der Waals surface area contributed by atoms with Crippen LogP contribution in [0.5, 0.6) is 0 Å². The van der Waals surface area contributed by atoms with Crippen molar-refractivity contribution >= 4 is 41.0 Å². The summed E-state index contributed by atoms with van der Waals surface area (Å²) in [6.07, 6.45) is -0.859. The second kappa shape index (κ2) is 12.1. The SMILES string of the molecule is Nc1nc2c(c(=O)[nH]1)N1CN(c3ccc(C(=O)N[C@@H](CCC(=O)[O-])C(=O)[O-])cc3)CC1CN2.[Na+].[Na+]. The fraction of sp³-hybridized carbons (Fsp3) is 0.350. The summed E-state index contributed by atoms with van der Waals surface area (Å²) >= 11 is 0. The first kappa shape index (κ1) is 28.9. The Balaban J connectivity index is 0.00000216. The number of nitrogens with zero attached hydrogens (tertiary/aromatic N) is 3. The number of carbonyl (C=O) groups is 3. The zero-order valence-corrected chi connectivity index (χ0v) is 23.4. The van der Waals surface area contributed by atoms with Crippen molar-refractivity contribution in [2.45, 2.75) is 24.9 Å². The molecule has 0 saturated carbocycles. The number of nitrogens with two attached hydrogens (primary N) is 1. The van der Waals surface area contributed by atoms with E-state index < -0.39 is 30.3 Å². The number of carboxylic acids is 2. The zero-order chi connectivity index (χ0) is 23.7. The Labute approximate surface area is 244 Å². The first-order valence-corrected chi connectivity index (χ1v) is 10.2. The average Bonchev–Trinajstić information content (AvgIpc) is 3.20. The van der Waals surface area contributed by atoms with Crippen LogP contribution in [0.4, 0.5) is 23.1 Å². The van der Waals surface area contributed by atoms with Crippen LogP contribution in [0.25, 0.3) is 0 Å². The molecule has 0 bridgehead atoms. The number of carbonyl (C=O) groups excluding carboxylic acids is 3. The van der Waals surface area contributed by atoms with Crippen LogP contribution < -0.4 is 101 Å². The minimum absolute atomic E-state index is 0. The third-order valence-electron chi connectivity index (χ3n) is 5.62. The third kappa shape index (κ3) is 6.48. The molecule has 1 unspecified atom stereocenters. The van der Waals surface area contributed by atoms with Gasteiger partial charge in [0.15, 0.2) is 5.82 Å². The molecule has 2 aliphatic rings. The summed E-state index contributed by atoms with van der Waals surface area (Å²) in [5.74, 6) is -3.19. The number of anilines is 4. The number of nitrogen functional groups attached to an aromatic ring is 1. The predicted octanol–water partition coefficient (Wildman–Crippen LogP) is -9.18. The van der Waals surface area contributed by atoms with Crippen LogP contribution in [0.3, 0.4) is 0 Å². The molecule has 0 aliphatic carbocycles. The van der Waals surface area contributed by atoms with Crippen molar-refractivity contribution in [2.24, 2.45) is 0 Å². The number of aliphatic carboxylic acids is 2. The van der Waals surface area contributed by atoms with Crippen molar-refractivity contribution in [1.82, 2.24) is 15.3 Å². The van der Waals surface area contributed by atoms with Crippen LogP contribution >= 0.6 is 0 Å². The Morgan fingerprint density at radius 1 is 1.20 bits per heavy atom. The molecule has 4 rings (SSSR count). The van der Waals surface area contributed by atoms with Gasteiger partial charge in [0.25, 0.3) is 11.5 Å². The topological polar surface area (TPSA) is 200 Å². The first-order chi connectivity index (χ1) is 15.7. The van der Waals surface area contributed by atoms with E-state index in [1.54, 1.807) is 12.1 Å². The maximum absolute atomic E-state index is 12.4. The summed E-state index contributed by atoms with van der Waals surface area (Å²) in [5.41, 5.74) is 6.72. The van der Waals surface area contributed by atoms with E-state index >= 15 is 0 Å². The zero-order valence-electron chi connectivity index (χ0n) is 19.4. The molecule has 13 nitrogen and oxygen atoms in total. The molecule has 5 N–H and O–H groups in total. The molecule has 2 aliphatic heterocycles. The van der Waals surface area contributed by atoms with E-state index in [0.29, 0.717) is 31.3 Å².